The molecule has 1 N–H and O–H groups in total. The number of aromatic nitrogens is 1. The van der Waals surface area contributed by atoms with Crippen molar-refractivity contribution in [2.45, 2.75) is 25.4 Å². The second-order valence-electron chi connectivity index (χ2n) is 5.28. The highest BCUT2D eigenvalue weighted by atomic mass is 32.1. The van der Waals surface area contributed by atoms with E-state index in [2.05, 4.69) is 23.3 Å². The van der Waals surface area contributed by atoms with Crippen molar-refractivity contribution in [2.24, 2.45) is 0 Å². The average Bonchev–Trinajstić information content (AvgIpc) is 2.89. The van der Waals surface area contributed by atoms with E-state index in [1.54, 1.807) is 18.4 Å². The number of hydrogen-bond acceptors (Lipinski definition) is 5. The Bertz CT molecular complexity index is 576. The number of fused-ring (bicyclic) bond motifs is 1. The Labute approximate surface area is 123 Å². The van der Waals surface area contributed by atoms with Gasteiger partial charge in [-0.3, -0.25) is 4.90 Å². The number of ether oxygens (including phenoxy) is 1. The number of hydrogen-bond donors (Lipinski definition) is 1. The molecule has 0 unspecified atom stereocenters. The summed E-state index contributed by atoms with van der Waals surface area (Å²) in [6.45, 7) is 3.29. The van der Waals surface area contributed by atoms with Crippen LogP contribution in [-0.2, 0) is 6.54 Å². The molecule has 20 heavy (non-hydrogen) atoms. The third-order valence-electron chi connectivity index (χ3n) is 3.99. The molecule has 4 nitrogen and oxygen atoms in total. The Morgan fingerprint density at radius 1 is 1.40 bits per heavy atom. The van der Waals surface area contributed by atoms with Gasteiger partial charge in [0.15, 0.2) is 0 Å². The predicted molar refractivity (Wildman–Crippen MR) is 83.5 cm³/mol. The summed E-state index contributed by atoms with van der Waals surface area (Å²) >= 11 is 1.78. The maximum absolute atomic E-state index is 5.27. The van der Waals surface area contributed by atoms with Crippen LogP contribution in [0.1, 0.15) is 17.8 Å². The van der Waals surface area contributed by atoms with Crippen LogP contribution in [-0.4, -0.2) is 43.2 Å². The molecule has 0 atom stereocenters. The highest BCUT2D eigenvalue weighted by Gasteiger charge is 2.18. The van der Waals surface area contributed by atoms with Crippen molar-refractivity contribution in [3.05, 3.63) is 23.2 Å². The van der Waals surface area contributed by atoms with Crippen LogP contribution in [0.4, 0.5) is 0 Å². The molecule has 1 fully saturated rings. The Kier molecular flexibility index (Phi) is 4.19. The molecular weight excluding hydrogens is 270 g/mol. The molecule has 0 bridgehead atoms. The molecule has 0 spiro atoms. The van der Waals surface area contributed by atoms with Gasteiger partial charge in [-0.15, -0.1) is 11.3 Å². The van der Waals surface area contributed by atoms with E-state index in [0.29, 0.717) is 6.04 Å². The van der Waals surface area contributed by atoms with Gasteiger partial charge in [0.1, 0.15) is 10.8 Å². The summed E-state index contributed by atoms with van der Waals surface area (Å²) in [4.78, 5) is 7.23. The normalized spacial score (nSPS) is 17.7. The van der Waals surface area contributed by atoms with Gasteiger partial charge in [-0.2, -0.15) is 0 Å². The first-order valence-corrected chi connectivity index (χ1v) is 7.93. The summed E-state index contributed by atoms with van der Waals surface area (Å²) in [6.07, 6.45) is 2.46. The minimum atomic E-state index is 0.686. The molecule has 108 valence electrons. The predicted octanol–water partition coefficient (Wildman–Crippen LogP) is 2.49. The first-order valence-electron chi connectivity index (χ1n) is 7.11. The third-order valence-corrected chi connectivity index (χ3v) is 5.00. The van der Waals surface area contributed by atoms with Crippen LogP contribution < -0.4 is 10.1 Å². The monoisotopic (exact) mass is 291 g/mol. The van der Waals surface area contributed by atoms with Crippen molar-refractivity contribution in [2.75, 3.05) is 27.2 Å². The first kappa shape index (κ1) is 13.8. The van der Waals surface area contributed by atoms with E-state index < -0.39 is 0 Å². The van der Waals surface area contributed by atoms with E-state index in [1.807, 2.05) is 12.1 Å². The fraction of sp³-hybridized carbons (Fsp3) is 0.533. The molecule has 0 amide bonds. The molecule has 0 saturated carbocycles. The number of rotatable bonds is 4. The Hall–Kier alpha value is -1.17. The lowest BCUT2D eigenvalue weighted by Gasteiger charge is -2.30. The molecule has 2 aromatic rings. The summed E-state index contributed by atoms with van der Waals surface area (Å²) in [5, 5.41) is 4.57. The fourth-order valence-electron chi connectivity index (χ4n) is 2.72. The molecule has 1 aliphatic rings. The number of methoxy groups -OCH3 is 1. The van der Waals surface area contributed by atoms with E-state index in [9.17, 15) is 0 Å². The first-order chi connectivity index (χ1) is 9.78. The molecule has 0 aliphatic carbocycles. The van der Waals surface area contributed by atoms with E-state index in [-0.39, 0.29) is 0 Å². The second-order valence-corrected chi connectivity index (χ2v) is 6.40. The summed E-state index contributed by atoms with van der Waals surface area (Å²) in [5.74, 6) is 0.905. The van der Waals surface area contributed by atoms with Gasteiger partial charge < -0.3 is 10.1 Å². The van der Waals surface area contributed by atoms with Crippen LogP contribution >= 0.6 is 11.3 Å². The molecule has 2 heterocycles. The van der Waals surface area contributed by atoms with Gasteiger partial charge in [0.2, 0.25) is 0 Å². The highest BCUT2D eigenvalue weighted by molar-refractivity contribution is 7.18. The van der Waals surface area contributed by atoms with E-state index in [1.165, 1.54) is 22.5 Å². The fourth-order valence-corrected chi connectivity index (χ4v) is 3.76. The summed E-state index contributed by atoms with van der Waals surface area (Å²) < 4.78 is 6.48. The maximum atomic E-state index is 5.27. The molecule has 1 aliphatic heterocycles. The zero-order valence-corrected chi connectivity index (χ0v) is 12.9. The molecule has 1 saturated heterocycles. The second kappa shape index (κ2) is 6.08. The van der Waals surface area contributed by atoms with Gasteiger partial charge in [0, 0.05) is 19.1 Å². The van der Waals surface area contributed by atoms with E-state index in [4.69, 9.17) is 9.72 Å². The van der Waals surface area contributed by atoms with Crippen molar-refractivity contribution >= 4 is 21.6 Å². The molecular formula is C15H21N3OS. The lowest BCUT2D eigenvalue weighted by atomic mass is 10.1. The quantitative estimate of drug-likeness (QED) is 0.939. The standard InChI is InChI=1S/C15H21N3OS/c1-16-11-5-7-18(8-6-11)10-15-17-13-4-3-12(19-2)9-14(13)20-15/h3-4,9,11,16H,5-8,10H2,1-2H3. The van der Waals surface area contributed by atoms with Crippen molar-refractivity contribution in [3.8, 4) is 5.75 Å². The molecule has 1 aromatic carbocycles. The summed E-state index contributed by atoms with van der Waals surface area (Å²) in [7, 11) is 3.76. The van der Waals surface area contributed by atoms with Crippen LogP contribution in [0.2, 0.25) is 0 Å². The number of likely N-dealkylation sites (tertiary alicyclic amines) is 1. The minimum Gasteiger partial charge on any atom is -0.497 e. The van der Waals surface area contributed by atoms with Gasteiger partial charge in [-0.1, -0.05) is 0 Å². The molecule has 1 aromatic heterocycles. The van der Waals surface area contributed by atoms with Crippen molar-refractivity contribution in [1.82, 2.24) is 15.2 Å². The Morgan fingerprint density at radius 2 is 2.20 bits per heavy atom. The topological polar surface area (TPSA) is 37.4 Å². The van der Waals surface area contributed by atoms with Gasteiger partial charge in [0.05, 0.1) is 23.9 Å². The van der Waals surface area contributed by atoms with E-state index >= 15 is 0 Å². The lowest BCUT2D eigenvalue weighted by molar-refractivity contribution is 0.194. The van der Waals surface area contributed by atoms with Crippen LogP contribution in [0.5, 0.6) is 5.75 Å². The molecule has 5 heteroatoms. The van der Waals surface area contributed by atoms with Crippen LogP contribution in [0, 0.1) is 0 Å². The largest absolute Gasteiger partial charge is 0.497 e. The average molecular weight is 291 g/mol. The van der Waals surface area contributed by atoms with Crippen molar-refractivity contribution in [3.63, 3.8) is 0 Å². The minimum absolute atomic E-state index is 0.686. The number of benzene rings is 1. The SMILES string of the molecule is CNC1CCN(Cc2nc3ccc(OC)cc3s2)CC1. The van der Waals surface area contributed by atoms with Crippen LogP contribution in [0.25, 0.3) is 10.2 Å². The van der Waals surface area contributed by atoms with Crippen molar-refractivity contribution in [1.29, 1.82) is 0 Å². The Balaban J connectivity index is 1.68. The van der Waals surface area contributed by atoms with Gasteiger partial charge in [0.25, 0.3) is 0 Å². The number of thiazole rings is 1. The van der Waals surface area contributed by atoms with Crippen molar-refractivity contribution < 1.29 is 4.74 Å². The molecule has 3 rings (SSSR count). The van der Waals surface area contributed by atoms with Gasteiger partial charge >= 0.3 is 0 Å². The third kappa shape index (κ3) is 2.95. The van der Waals surface area contributed by atoms with E-state index in [0.717, 1.165) is 30.9 Å². The lowest BCUT2D eigenvalue weighted by Crippen LogP contribution is -2.40. The smallest absolute Gasteiger partial charge is 0.120 e. The Morgan fingerprint density at radius 3 is 2.90 bits per heavy atom. The number of nitrogens with one attached hydrogen (secondary N) is 1. The number of nitrogens with zero attached hydrogens (tertiary/aromatic N) is 2. The highest BCUT2D eigenvalue weighted by Crippen LogP contribution is 2.27. The zero-order chi connectivity index (χ0) is 13.9. The maximum Gasteiger partial charge on any atom is 0.120 e. The van der Waals surface area contributed by atoms with Crippen LogP contribution in [0.3, 0.4) is 0 Å². The molecule has 0 radical (unpaired) electrons. The van der Waals surface area contributed by atoms with Crippen LogP contribution in [0.15, 0.2) is 18.2 Å². The summed E-state index contributed by atoms with van der Waals surface area (Å²) in [5.41, 5.74) is 1.08. The number of piperidine rings is 1. The van der Waals surface area contributed by atoms with Gasteiger partial charge in [-0.25, -0.2) is 4.98 Å². The summed E-state index contributed by atoms with van der Waals surface area (Å²) in [6, 6.07) is 6.78. The van der Waals surface area contributed by atoms with Gasteiger partial charge in [-0.05, 0) is 38.1 Å². The zero-order valence-electron chi connectivity index (χ0n) is 12.1.